The number of hydrogen-bond donors (Lipinski definition) is 0. The molecule has 0 saturated heterocycles. The fourth-order valence-corrected chi connectivity index (χ4v) is 0.651. The predicted molar refractivity (Wildman–Crippen MR) is 34.9 cm³/mol. The summed E-state index contributed by atoms with van der Waals surface area (Å²) in [6.45, 7) is 0. The maximum atomic E-state index is 12.5. The summed E-state index contributed by atoms with van der Waals surface area (Å²) in [5.74, 6) is -4.61. The molecule has 61 valence electrons. The second kappa shape index (κ2) is 5.26. The van der Waals surface area contributed by atoms with Crippen molar-refractivity contribution in [1.29, 1.82) is 0 Å². The van der Waals surface area contributed by atoms with Crippen molar-refractivity contribution in [3.05, 3.63) is 23.3 Å². The van der Waals surface area contributed by atoms with Crippen LogP contribution in [0.5, 0.6) is 0 Å². The first kappa shape index (κ1) is 13.3. The maximum absolute atomic E-state index is 12.5. The van der Waals surface area contributed by atoms with E-state index in [0.29, 0.717) is 0 Å². The van der Waals surface area contributed by atoms with Crippen molar-refractivity contribution in [1.82, 2.24) is 4.98 Å². The molecule has 0 aliphatic heterocycles. The van der Waals surface area contributed by atoms with E-state index in [0.717, 1.165) is 0 Å². The normalized spacial score (nSPS) is 9.23. The number of pyridine rings is 1. The molecule has 0 N–H and O–H groups in total. The Morgan fingerprint density at radius 2 is 1.77 bits per heavy atom. The van der Waals surface area contributed by atoms with E-state index in [9.17, 15) is 18.0 Å². The molecule has 1 heterocycles. The van der Waals surface area contributed by atoms with Crippen LogP contribution in [-0.2, 0) is 0 Å². The van der Waals surface area contributed by atoms with Crippen LogP contribution < -0.4 is 56.8 Å². The number of aldehydes is 1. The molecule has 7 heteroatoms. The smallest absolute Gasteiger partial charge is 0.573 e. The van der Waals surface area contributed by atoms with Gasteiger partial charge in [0.25, 0.3) is 5.95 Å². The van der Waals surface area contributed by atoms with E-state index in [-0.39, 0.29) is 57.7 Å². The number of halogens is 3. The van der Waals surface area contributed by atoms with Gasteiger partial charge in [0, 0.05) is 5.56 Å². The Kier molecular flexibility index (Phi) is 5.38. The van der Waals surface area contributed by atoms with Gasteiger partial charge in [0.15, 0.2) is 11.8 Å². The van der Waals surface area contributed by atoms with Crippen molar-refractivity contribution in [3.63, 3.8) is 0 Å². The molecule has 0 amide bonds. The van der Waals surface area contributed by atoms with Crippen LogP contribution in [0.15, 0.2) is 0 Å². The summed E-state index contributed by atoms with van der Waals surface area (Å²) in [6, 6.07) is 0. The van der Waals surface area contributed by atoms with Crippen molar-refractivity contribution >= 4 is 19.6 Å². The first-order chi connectivity index (χ1) is 5.57. The van der Waals surface area contributed by atoms with E-state index < -0.39 is 28.7 Å². The third kappa shape index (κ3) is 2.63. The predicted octanol–water partition coefficient (Wildman–Crippen LogP) is -2.89. The molecule has 0 aromatic carbocycles. The summed E-state index contributed by atoms with van der Waals surface area (Å²) in [4.78, 5) is 12.6. The van der Waals surface area contributed by atoms with Gasteiger partial charge >= 0.3 is 51.4 Å². The largest absolute Gasteiger partial charge is 1.00 e. The molecule has 0 unspecified atom stereocenters. The van der Waals surface area contributed by atoms with E-state index in [1.165, 1.54) is 0 Å². The van der Waals surface area contributed by atoms with Gasteiger partial charge in [-0.05, 0) is 0 Å². The number of carbonyl (C=O) groups is 1. The second-order valence-electron chi connectivity index (χ2n) is 1.95. The molecule has 0 saturated carbocycles. The zero-order valence-corrected chi connectivity index (χ0v) is 9.77. The van der Waals surface area contributed by atoms with E-state index >= 15 is 0 Å². The first-order valence-corrected chi connectivity index (χ1v) is 2.83. The third-order valence-corrected chi connectivity index (χ3v) is 1.24. The number of rotatable bonds is 1. The van der Waals surface area contributed by atoms with Crippen LogP contribution in [0.25, 0.3) is 0 Å². The molecule has 0 bridgehead atoms. The molecular formula is C6HBF3KNO. The van der Waals surface area contributed by atoms with Crippen molar-refractivity contribution in [2.75, 3.05) is 0 Å². The molecule has 1 aromatic rings. The Bertz CT molecular complexity index is 321. The van der Waals surface area contributed by atoms with Gasteiger partial charge in [-0.1, -0.05) is 0 Å². The summed E-state index contributed by atoms with van der Waals surface area (Å²) >= 11 is 0. The van der Waals surface area contributed by atoms with Gasteiger partial charge in [-0.2, -0.15) is 13.8 Å². The Morgan fingerprint density at radius 1 is 1.23 bits per heavy atom. The number of aromatic nitrogens is 1. The van der Waals surface area contributed by atoms with Crippen LogP contribution in [0.4, 0.5) is 13.2 Å². The minimum atomic E-state index is -1.68. The van der Waals surface area contributed by atoms with Crippen molar-refractivity contribution < 1.29 is 69.4 Å². The Morgan fingerprint density at radius 3 is 2.23 bits per heavy atom. The molecule has 0 atom stereocenters. The second-order valence-corrected chi connectivity index (χ2v) is 1.95. The van der Waals surface area contributed by atoms with Gasteiger partial charge in [-0.3, -0.25) is 4.79 Å². The molecule has 0 fully saturated rings. The van der Waals surface area contributed by atoms with Gasteiger partial charge in [0.2, 0.25) is 0 Å². The number of hydrogen-bond acceptors (Lipinski definition) is 2. The first-order valence-electron chi connectivity index (χ1n) is 2.83. The maximum Gasteiger partial charge on any atom is 1.00 e. The monoisotopic (exact) mass is 210 g/mol. The van der Waals surface area contributed by atoms with Crippen LogP contribution in [0.3, 0.4) is 0 Å². The average molecular weight is 210 g/mol. The molecule has 0 aliphatic carbocycles. The number of nitrogens with zero attached hydrogens (tertiary/aromatic N) is 1. The van der Waals surface area contributed by atoms with E-state index in [1.807, 2.05) is 0 Å². The third-order valence-electron chi connectivity index (χ3n) is 1.24. The SMILES string of the molecule is [B-]c1c(F)nc(F)c(F)c1C=O.[K+]. The number of carbonyl (C=O) groups excluding carboxylic acids is 1. The molecular weight excluding hydrogens is 209 g/mol. The standard InChI is InChI=1S/C6HBF3NO.K/c7-3-2(1-12)4(8)6(10)11-5(3)9;/h1H;/q-1;+1. The van der Waals surface area contributed by atoms with E-state index in [1.54, 1.807) is 0 Å². The van der Waals surface area contributed by atoms with Gasteiger partial charge in [-0.25, -0.2) is 9.85 Å². The fourth-order valence-electron chi connectivity index (χ4n) is 0.651. The molecule has 13 heavy (non-hydrogen) atoms. The van der Waals surface area contributed by atoms with Gasteiger partial charge < -0.3 is 7.85 Å². The molecule has 1 aromatic heterocycles. The Hall–Kier alpha value is 0.311. The molecule has 2 nitrogen and oxygen atoms in total. The van der Waals surface area contributed by atoms with Gasteiger partial charge in [0.05, 0.1) is 0 Å². The summed E-state index contributed by atoms with van der Waals surface area (Å²) in [7, 11) is 4.89. The summed E-state index contributed by atoms with van der Waals surface area (Å²) in [5.41, 5.74) is -1.64. The van der Waals surface area contributed by atoms with Crippen LogP contribution in [0.1, 0.15) is 10.4 Å². The zero-order chi connectivity index (χ0) is 9.30. The molecule has 0 spiro atoms. The molecule has 1 rings (SSSR count). The van der Waals surface area contributed by atoms with Gasteiger partial charge in [-0.15, -0.1) is 0 Å². The van der Waals surface area contributed by atoms with Crippen LogP contribution in [-0.4, -0.2) is 19.1 Å². The molecule has 0 aliphatic rings. The van der Waals surface area contributed by atoms with Crippen LogP contribution in [0, 0.1) is 17.7 Å². The quantitative estimate of drug-likeness (QED) is 0.283. The van der Waals surface area contributed by atoms with Gasteiger partial charge in [0.1, 0.15) is 6.29 Å². The van der Waals surface area contributed by atoms with Crippen LogP contribution >= 0.6 is 0 Å². The van der Waals surface area contributed by atoms with Crippen molar-refractivity contribution in [2.24, 2.45) is 0 Å². The minimum Gasteiger partial charge on any atom is -0.573 e. The molecule has 3 radical (unpaired) electrons. The summed E-state index contributed by atoms with van der Waals surface area (Å²) in [6.07, 6.45) is -0.0709. The van der Waals surface area contributed by atoms with Crippen molar-refractivity contribution in [3.8, 4) is 0 Å². The Labute approximate surface area is 116 Å². The zero-order valence-electron chi connectivity index (χ0n) is 6.64. The minimum absolute atomic E-state index is 0. The van der Waals surface area contributed by atoms with Crippen LogP contribution in [0.2, 0.25) is 0 Å². The van der Waals surface area contributed by atoms with E-state index in [2.05, 4.69) is 4.98 Å². The Balaban J connectivity index is 0.00000144. The van der Waals surface area contributed by atoms with E-state index in [4.69, 9.17) is 7.85 Å². The summed E-state index contributed by atoms with van der Waals surface area (Å²) in [5, 5.41) is 0. The fraction of sp³-hybridized carbons (Fsp3) is 0. The summed E-state index contributed by atoms with van der Waals surface area (Å²) < 4.78 is 37.2. The topological polar surface area (TPSA) is 30.0 Å². The van der Waals surface area contributed by atoms with Crippen molar-refractivity contribution in [2.45, 2.75) is 0 Å². The average Bonchev–Trinajstić information content (AvgIpc) is 2.02.